The van der Waals surface area contributed by atoms with E-state index in [1.165, 1.54) is 19.3 Å². The van der Waals surface area contributed by atoms with Gasteiger partial charge in [0.2, 0.25) is 0 Å². The van der Waals surface area contributed by atoms with Crippen LogP contribution in [0.2, 0.25) is 0 Å². The minimum absolute atomic E-state index is 0.0264. The van der Waals surface area contributed by atoms with Crippen molar-refractivity contribution in [3.05, 3.63) is 35.8 Å². The number of nitrogens with one attached hydrogen (secondary N) is 3. The summed E-state index contributed by atoms with van der Waals surface area (Å²) >= 11 is 0. The van der Waals surface area contributed by atoms with E-state index in [0.29, 0.717) is 11.6 Å². The van der Waals surface area contributed by atoms with Crippen LogP contribution in [0.4, 0.5) is 0 Å². The third kappa shape index (κ3) is 3.84. The van der Waals surface area contributed by atoms with Gasteiger partial charge in [0.05, 0.1) is 24.0 Å². The minimum atomic E-state index is -0.0264. The van der Waals surface area contributed by atoms with Crippen LogP contribution in [0.5, 0.6) is 5.75 Å². The second-order valence-corrected chi connectivity index (χ2v) is 6.97. The smallest absolute Gasteiger partial charge is 0.144 e. The molecule has 5 N–H and O–H groups in total. The third-order valence-electron chi connectivity index (χ3n) is 5.12. The molecule has 6 nitrogen and oxygen atoms in total. The predicted molar refractivity (Wildman–Crippen MR) is 111 cm³/mol. The molecule has 27 heavy (non-hydrogen) atoms. The number of aromatic amines is 2. The van der Waals surface area contributed by atoms with Crippen LogP contribution in [0.25, 0.3) is 22.3 Å². The largest absolute Gasteiger partial charge is 0.495 e. The topological polar surface area (TPSA) is 104 Å². The lowest BCUT2D eigenvalue weighted by molar-refractivity contribution is 0.419. The number of ether oxygens (including phenoxy) is 1. The molecule has 1 atom stereocenters. The first-order valence-electron chi connectivity index (χ1n) is 9.69. The molecule has 0 radical (unpaired) electrons. The number of benzene rings is 1. The summed E-state index contributed by atoms with van der Waals surface area (Å²) in [7, 11) is 1.66. The molecule has 0 fully saturated rings. The Hall–Kier alpha value is -2.76. The van der Waals surface area contributed by atoms with Gasteiger partial charge in [-0.05, 0) is 25.0 Å². The number of hydrogen-bond acceptors (Lipinski definition) is 3. The van der Waals surface area contributed by atoms with Crippen LogP contribution in [0.3, 0.4) is 0 Å². The van der Waals surface area contributed by atoms with E-state index in [0.717, 1.165) is 46.7 Å². The second kappa shape index (κ2) is 8.29. The predicted octanol–water partition coefficient (Wildman–Crippen LogP) is 4.92. The summed E-state index contributed by atoms with van der Waals surface area (Å²) in [6.07, 6.45) is 5.72. The highest BCUT2D eigenvalue weighted by molar-refractivity contribution is 6.00. The minimum Gasteiger partial charge on any atom is -0.495 e. The Labute approximate surface area is 160 Å². The number of rotatable bonds is 9. The van der Waals surface area contributed by atoms with E-state index in [9.17, 15) is 0 Å². The van der Waals surface area contributed by atoms with Gasteiger partial charge in [0.1, 0.15) is 23.1 Å². The van der Waals surface area contributed by atoms with Crippen LogP contribution in [0.1, 0.15) is 63.4 Å². The summed E-state index contributed by atoms with van der Waals surface area (Å²) in [6, 6.07) is 7.96. The van der Waals surface area contributed by atoms with Crippen LogP contribution in [0, 0.1) is 5.41 Å². The molecule has 3 aromatic rings. The van der Waals surface area contributed by atoms with E-state index < -0.39 is 0 Å². The average Bonchev–Trinajstić information content (AvgIpc) is 3.29. The molecule has 2 heterocycles. The molecule has 144 valence electrons. The van der Waals surface area contributed by atoms with Crippen molar-refractivity contribution in [3.63, 3.8) is 0 Å². The third-order valence-corrected chi connectivity index (χ3v) is 5.12. The summed E-state index contributed by atoms with van der Waals surface area (Å²) in [4.78, 5) is 11.5. The van der Waals surface area contributed by atoms with Crippen molar-refractivity contribution in [2.24, 2.45) is 5.73 Å². The number of H-pyrrole nitrogens is 2. The van der Waals surface area contributed by atoms with Crippen molar-refractivity contribution in [1.82, 2.24) is 15.0 Å². The maximum absolute atomic E-state index is 7.97. The summed E-state index contributed by atoms with van der Waals surface area (Å²) in [5, 5.41) is 9.02. The number of hydrogen-bond donors (Lipinski definition) is 4. The molecule has 0 aliphatic rings. The second-order valence-electron chi connectivity index (χ2n) is 6.97. The van der Waals surface area contributed by atoms with Crippen molar-refractivity contribution in [1.29, 1.82) is 5.41 Å². The molecule has 2 aromatic heterocycles. The normalized spacial score (nSPS) is 12.4. The first-order chi connectivity index (χ1) is 13.1. The Bertz CT molecular complexity index is 924. The van der Waals surface area contributed by atoms with Gasteiger partial charge in [-0.1, -0.05) is 45.2 Å². The first-order valence-corrected chi connectivity index (χ1v) is 9.69. The number of methoxy groups -OCH3 is 1. The molecule has 0 bridgehead atoms. The number of aromatic nitrogens is 3. The summed E-state index contributed by atoms with van der Waals surface area (Å²) in [6.45, 7) is 4.39. The van der Waals surface area contributed by atoms with Crippen LogP contribution in [-0.4, -0.2) is 27.9 Å². The lowest BCUT2D eigenvalue weighted by Crippen LogP contribution is -2.13. The van der Waals surface area contributed by atoms with Crippen molar-refractivity contribution >= 4 is 16.7 Å². The van der Waals surface area contributed by atoms with Gasteiger partial charge in [0.25, 0.3) is 0 Å². The molecule has 1 aromatic carbocycles. The zero-order chi connectivity index (χ0) is 19.4. The monoisotopic (exact) mass is 367 g/mol. The molecule has 3 rings (SSSR count). The fourth-order valence-electron chi connectivity index (χ4n) is 3.58. The molecule has 0 aliphatic heterocycles. The highest BCUT2D eigenvalue weighted by Crippen LogP contribution is 2.32. The van der Waals surface area contributed by atoms with Gasteiger partial charge in [0.15, 0.2) is 0 Å². The van der Waals surface area contributed by atoms with Gasteiger partial charge in [-0.2, -0.15) is 0 Å². The molecule has 0 saturated heterocycles. The van der Waals surface area contributed by atoms with Crippen molar-refractivity contribution in [2.45, 2.75) is 51.9 Å². The summed E-state index contributed by atoms with van der Waals surface area (Å²) < 4.78 is 5.45. The maximum Gasteiger partial charge on any atom is 0.144 e. The molecule has 6 heteroatoms. The van der Waals surface area contributed by atoms with Crippen LogP contribution < -0.4 is 10.5 Å². The van der Waals surface area contributed by atoms with Crippen LogP contribution >= 0.6 is 0 Å². The Balaban J connectivity index is 2.02. The average molecular weight is 367 g/mol. The summed E-state index contributed by atoms with van der Waals surface area (Å²) in [5.41, 5.74) is 8.90. The van der Waals surface area contributed by atoms with E-state index in [1.54, 1.807) is 7.11 Å². The first kappa shape index (κ1) is 19.0. The van der Waals surface area contributed by atoms with Gasteiger partial charge >= 0.3 is 0 Å². The van der Waals surface area contributed by atoms with E-state index in [-0.39, 0.29) is 5.84 Å². The SMILES string of the molecule is CCCCCC(CC)c1nc(C(=N)N)c(-c2cc3cccc(OC)c3[nH]2)[nH]1. The molecule has 0 saturated carbocycles. The van der Waals surface area contributed by atoms with E-state index >= 15 is 0 Å². The standard InChI is InChI=1S/C21H29N5O/c1-4-6-7-9-13(5-2)21-25-18(19(26-21)20(22)23)15-12-14-10-8-11-16(27-3)17(14)24-15/h8,10-13,24H,4-7,9H2,1-3H3,(H3,22,23)(H,25,26). The quantitative estimate of drug-likeness (QED) is 0.245. The molecule has 0 amide bonds. The summed E-state index contributed by atoms with van der Waals surface area (Å²) in [5.74, 6) is 2.03. The lowest BCUT2D eigenvalue weighted by Gasteiger charge is -2.11. The number of amidine groups is 1. The van der Waals surface area contributed by atoms with E-state index in [4.69, 9.17) is 20.9 Å². The number of unbranched alkanes of at least 4 members (excludes halogenated alkanes) is 2. The van der Waals surface area contributed by atoms with E-state index in [2.05, 4.69) is 23.8 Å². The van der Waals surface area contributed by atoms with Crippen LogP contribution in [-0.2, 0) is 0 Å². The van der Waals surface area contributed by atoms with Gasteiger partial charge < -0.3 is 20.4 Å². The number of nitrogens with two attached hydrogens (primary N) is 1. The van der Waals surface area contributed by atoms with Gasteiger partial charge in [-0.15, -0.1) is 0 Å². The zero-order valence-corrected chi connectivity index (χ0v) is 16.4. The van der Waals surface area contributed by atoms with E-state index in [1.807, 2.05) is 24.3 Å². The Morgan fingerprint density at radius 1 is 1.26 bits per heavy atom. The number of para-hydroxylation sites is 1. The molecular formula is C21H29N5O. The van der Waals surface area contributed by atoms with Gasteiger partial charge in [-0.3, -0.25) is 5.41 Å². The maximum atomic E-state index is 7.97. The van der Waals surface area contributed by atoms with Crippen molar-refractivity contribution in [3.8, 4) is 17.1 Å². The Morgan fingerprint density at radius 2 is 2.07 bits per heavy atom. The Kier molecular flexibility index (Phi) is 5.84. The molecular weight excluding hydrogens is 338 g/mol. The molecule has 0 spiro atoms. The lowest BCUT2D eigenvalue weighted by atomic mass is 9.98. The molecule has 1 unspecified atom stereocenters. The number of imidazole rings is 1. The highest BCUT2D eigenvalue weighted by Gasteiger charge is 2.21. The highest BCUT2D eigenvalue weighted by atomic mass is 16.5. The zero-order valence-electron chi connectivity index (χ0n) is 16.4. The van der Waals surface area contributed by atoms with Gasteiger partial charge in [0, 0.05) is 11.3 Å². The van der Waals surface area contributed by atoms with Gasteiger partial charge in [-0.25, -0.2) is 4.98 Å². The Morgan fingerprint density at radius 3 is 2.74 bits per heavy atom. The van der Waals surface area contributed by atoms with Crippen molar-refractivity contribution in [2.75, 3.05) is 7.11 Å². The van der Waals surface area contributed by atoms with Crippen molar-refractivity contribution < 1.29 is 4.74 Å². The fourth-order valence-corrected chi connectivity index (χ4v) is 3.58. The fraction of sp³-hybridized carbons (Fsp3) is 0.429. The molecule has 0 aliphatic carbocycles. The number of nitrogen functional groups attached to an aromatic ring is 1. The number of fused-ring (bicyclic) bond motifs is 1. The van der Waals surface area contributed by atoms with Crippen LogP contribution in [0.15, 0.2) is 24.3 Å². The number of nitrogens with zero attached hydrogens (tertiary/aromatic N) is 1.